The highest BCUT2D eigenvalue weighted by atomic mass is 16.5. The fourth-order valence-electron chi connectivity index (χ4n) is 2.26. The van der Waals surface area contributed by atoms with Gasteiger partial charge in [0.15, 0.2) is 18.0 Å². The van der Waals surface area contributed by atoms with Crippen LogP contribution in [0.4, 0.5) is 0 Å². The smallest absolute Gasteiger partial charge is 0.417 e. The number of carbonyl (C=O) groups excluding carboxylic acids is 1. The Labute approximate surface area is 134 Å². The van der Waals surface area contributed by atoms with Gasteiger partial charge in [0, 0.05) is 0 Å². The van der Waals surface area contributed by atoms with E-state index in [-0.39, 0.29) is 17.8 Å². The zero-order chi connectivity index (χ0) is 16.5. The number of carbonyl (C=O) groups is 1. The van der Waals surface area contributed by atoms with Gasteiger partial charge in [0.2, 0.25) is 0 Å². The molecule has 8 heteroatoms. The van der Waals surface area contributed by atoms with Crippen LogP contribution in [0.3, 0.4) is 0 Å². The van der Waals surface area contributed by atoms with Crippen LogP contribution in [0.2, 0.25) is 0 Å². The van der Waals surface area contributed by atoms with Crippen molar-refractivity contribution >= 4 is 28.1 Å². The minimum absolute atomic E-state index is 0.105. The molecule has 0 saturated carbocycles. The van der Waals surface area contributed by atoms with Gasteiger partial charge in [-0.25, -0.2) is 14.6 Å². The molecule has 0 bridgehead atoms. The average Bonchev–Trinajstić information content (AvgIpc) is 2.98. The highest BCUT2D eigenvalue weighted by Gasteiger charge is 2.12. The van der Waals surface area contributed by atoms with Gasteiger partial charge in [-0.1, -0.05) is 12.1 Å². The number of nitrogens with zero attached hydrogens (tertiary/aromatic N) is 3. The van der Waals surface area contributed by atoms with Crippen LogP contribution in [0.15, 0.2) is 51.7 Å². The van der Waals surface area contributed by atoms with Crippen molar-refractivity contribution in [3.63, 3.8) is 0 Å². The fraction of sp³-hybridized carbons (Fsp3) is 0.0625. The molecule has 0 spiro atoms. The third-order valence-corrected chi connectivity index (χ3v) is 3.39. The van der Waals surface area contributed by atoms with Crippen LogP contribution in [0, 0.1) is 0 Å². The Bertz CT molecular complexity index is 1120. The van der Waals surface area contributed by atoms with Crippen LogP contribution in [-0.2, 0) is 11.3 Å². The van der Waals surface area contributed by atoms with Gasteiger partial charge in [-0.3, -0.25) is 4.98 Å². The highest BCUT2D eigenvalue weighted by Crippen LogP contribution is 2.14. The van der Waals surface area contributed by atoms with E-state index >= 15 is 0 Å². The first-order chi connectivity index (χ1) is 11.7. The van der Waals surface area contributed by atoms with Gasteiger partial charge in [0.1, 0.15) is 5.52 Å². The largest absolute Gasteiger partial charge is 0.454 e. The number of esters is 1. The lowest BCUT2D eigenvalue weighted by atomic mass is 10.2. The molecule has 0 radical (unpaired) electrons. The van der Waals surface area contributed by atoms with Crippen LogP contribution in [0.5, 0.6) is 0 Å². The predicted octanol–water partition coefficient (Wildman–Crippen LogP) is 1.82. The number of aromatic nitrogens is 4. The molecular formula is C16H10N4O4. The van der Waals surface area contributed by atoms with E-state index in [4.69, 9.17) is 9.15 Å². The summed E-state index contributed by atoms with van der Waals surface area (Å²) in [5.74, 6) is -0.847. The maximum atomic E-state index is 12.1. The van der Waals surface area contributed by atoms with Gasteiger partial charge in [-0.15, -0.1) is 10.2 Å². The van der Waals surface area contributed by atoms with E-state index in [1.165, 1.54) is 12.1 Å². The van der Waals surface area contributed by atoms with E-state index in [9.17, 15) is 9.59 Å². The first-order valence-corrected chi connectivity index (χ1v) is 7.07. The van der Waals surface area contributed by atoms with Gasteiger partial charge in [-0.2, -0.15) is 0 Å². The average molecular weight is 322 g/mol. The summed E-state index contributed by atoms with van der Waals surface area (Å²) in [7, 11) is 0. The molecule has 2 aromatic heterocycles. The number of hydrogen-bond donors (Lipinski definition) is 1. The standard InChI is InChI=1S/C16H10N4O4/c21-15(9-5-6-12-13(7-9)24-16(22)18-12)23-8-14-17-10-3-1-2-4-11(10)19-20-14/h1-7H,8H2,(H,18,22). The Morgan fingerprint density at radius 1 is 1.12 bits per heavy atom. The molecule has 0 aliphatic rings. The van der Waals surface area contributed by atoms with E-state index < -0.39 is 11.7 Å². The second-order valence-corrected chi connectivity index (χ2v) is 5.02. The lowest BCUT2D eigenvalue weighted by Crippen LogP contribution is -2.08. The molecule has 2 heterocycles. The molecule has 1 N–H and O–H groups in total. The topological polar surface area (TPSA) is 111 Å². The van der Waals surface area contributed by atoms with E-state index in [0.29, 0.717) is 22.4 Å². The minimum Gasteiger partial charge on any atom is -0.454 e. The highest BCUT2D eigenvalue weighted by molar-refractivity contribution is 5.93. The molecule has 0 atom stereocenters. The summed E-state index contributed by atoms with van der Waals surface area (Å²) in [4.78, 5) is 30.0. The summed E-state index contributed by atoms with van der Waals surface area (Å²) in [6, 6.07) is 11.8. The van der Waals surface area contributed by atoms with Crippen LogP contribution >= 0.6 is 0 Å². The Balaban J connectivity index is 1.52. The summed E-state index contributed by atoms with van der Waals surface area (Å²) >= 11 is 0. The van der Waals surface area contributed by atoms with Crippen LogP contribution in [0.25, 0.3) is 22.1 Å². The summed E-state index contributed by atoms with van der Waals surface area (Å²) in [5, 5.41) is 7.94. The van der Waals surface area contributed by atoms with Crippen LogP contribution < -0.4 is 5.76 Å². The van der Waals surface area contributed by atoms with Crippen molar-refractivity contribution in [3.05, 3.63) is 64.4 Å². The molecular weight excluding hydrogens is 312 g/mol. The maximum Gasteiger partial charge on any atom is 0.417 e. The number of aromatic amines is 1. The second kappa shape index (κ2) is 5.58. The number of fused-ring (bicyclic) bond motifs is 2. The SMILES string of the molecule is O=C(OCc1nnc2ccccc2n1)c1ccc2[nH]c(=O)oc2c1. The van der Waals surface area contributed by atoms with Crippen molar-refractivity contribution in [1.82, 2.24) is 20.2 Å². The van der Waals surface area contributed by atoms with E-state index in [1.807, 2.05) is 12.1 Å². The number of H-pyrrole nitrogens is 1. The molecule has 4 aromatic rings. The number of oxazole rings is 1. The Kier molecular flexibility index (Phi) is 3.27. The summed E-state index contributed by atoms with van der Waals surface area (Å²) in [6.45, 7) is -0.105. The van der Waals surface area contributed by atoms with Gasteiger partial charge in [0.05, 0.1) is 16.6 Å². The van der Waals surface area contributed by atoms with Crippen LogP contribution in [-0.4, -0.2) is 26.1 Å². The normalized spacial score (nSPS) is 11.0. The Morgan fingerprint density at radius 3 is 2.83 bits per heavy atom. The molecule has 8 nitrogen and oxygen atoms in total. The van der Waals surface area contributed by atoms with Crippen molar-refractivity contribution in [2.45, 2.75) is 6.61 Å². The van der Waals surface area contributed by atoms with Crippen LogP contribution in [0.1, 0.15) is 16.2 Å². The Hall–Kier alpha value is -3.55. The van der Waals surface area contributed by atoms with Crippen molar-refractivity contribution < 1.29 is 13.9 Å². The van der Waals surface area contributed by atoms with Gasteiger partial charge in [-0.05, 0) is 30.3 Å². The van der Waals surface area contributed by atoms with Gasteiger partial charge >= 0.3 is 11.7 Å². The maximum absolute atomic E-state index is 12.1. The molecule has 0 saturated heterocycles. The van der Waals surface area contributed by atoms with Crippen molar-refractivity contribution in [2.75, 3.05) is 0 Å². The Morgan fingerprint density at radius 2 is 1.96 bits per heavy atom. The zero-order valence-electron chi connectivity index (χ0n) is 12.2. The van der Waals surface area contributed by atoms with E-state index in [0.717, 1.165) is 0 Å². The fourth-order valence-corrected chi connectivity index (χ4v) is 2.26. The van der Waals surface area contributed by atoms with Crippen molar-refractivity contribution in [2.24, 2.45) is 0 Å². The number of nitrogens with one attached hydrogen (secondary N) is 1. The number of para-hydroxylation sites is 1. The molecule has 0 amide bonds. The van der Waals surface area contributed by atoms with Crippen molar-refractivity contribution in [1.29, 1.82) is 0 Å². The third-order valence-electron chi connectivity index (χ3n) is 3.39. The minimum atomic E-state index is -0.578. The monoisotopic (exact) mass is 322 g/mol. The summed E-state index contributed by atoms with van der Waals surface area (Å²) < 4.78 is 10.1. The number of rotatable bonds is 3. The van der Waals surface area contributed by atoms with Crippen molar-refractivity contribution in [3.8, 4) is 0 Å². The predicted molar refractivity (Wildman–Crippen MR) is 83.3 cm³/mol. The third kappa shape index (κ3) is 2.60. The lowest BCUT2D eigenvalue weighted by Gasteiger charge is -2.04. The quantitative estimate of drug-likeness (QED) is 0.573. The summed E-state index contributed by atoms with van der Waals surface area (Å²) in [6.07, 6.45) is 0. The molecule has 0 aliphatic carbocycles. The summed E-state index contributed by atoms with van der Waals surface area (Å²) in [5.41, 5.74) is 2.41. The molecule has 0 unspecified atom stereocenters. The zero-order valence-corrected chi connectivity index (χ0v) is 12.2. The van der Waals surface area contributed by atoms with E-state index in [1.54, 1.807) is 18.2 Å². The van der Waals surface area contributed by atoms with E-state index in [2.05, 4.69) is 20.2 Å². The molecule has 24 heavy (non-hydrogen) atoms. The molecule has 0 aliphatic heterocycles. The first kappa shape index (κ1) is 14.1. The van der Waals surface area contributed by atoms with Gasteiger partial charge < -0.3 is 9.15 Å². The number of hydrogen-bond acceptors (Lipinski definition) is 7. The lowest BCUT2D eigenvalue weighted by molar-refractivity contribution is 0.0461. The number of ether oxygens (including phenoxy) is 1. The molecule has 118 valence electrons. The second-order valence-electron chi connectivity index (χ2n) is 5.02. The number of benzene rings is 2. The van der Waals surface area contributed by atoms with Gasteiger partial charge in [0.25, 0.3) is 0 Å². The molecule has 2 aromatic carbocycles. The first-order valence-electron chi connectivity index (χ1n) is 7.07. The molecule has 0 fully saturated rings. The molecule has 4 rings (SSSR count).